The molecule has 1 saturated heterocycles. The summed E-state index contributed by atoms with van der Waals surface area (Å²) in [5.41, 5.74) is 1.41. The number of hydrogen-bond donors (Lipinski definition) is 0. The minimum Gasteiger partial charge on any atom is -0.381 e. The van der Waals surface area contributed by atoms with Crippen molar-refractivity contribution in [2.75, 3.05) is 19.5 Å². The largest absolute Gasteiger partial charge is 0.381 e. The van der Waals surface area contributed by atoms with E-state index in [0.717, 1.165) is 12.0 Å². The number of hydrogen-bond acceptors (Lipinski definition) is 6. The van der Waals surface area contributed by atoms with Gasteiger partial charge in [0.1, 0.15) is 0 Å². The number of sulfone groups is 1. The van der Waals surface area contributed by atoms with Gasteiger partial charge in [0, 0.05) is 24.3 Å². The summed E-state index contributed by atoms with van der Waals surface area (Å²) in [5, 5.41) is 3.99. The predicted molar refractivity (Wildman–Crippen MR) is 80.4 cm³/mol. The number of nitrogens with zero attached hydrogens (tertiary/aromatic N) is 2. The van der Waals surface area contributed by atoms with Gasteiger partial charge in [-0.15, -0.1) is 0 Å². The van der Waals surface area contributed by atoms with Gasteiger partial charge in [-0.05, 0) is 30.5 Å². The standard InChI is InChI=1S/C15H18N2O4S/c1-3-10-4-5-11(8-13(10)22(2,18)19)15-16-14(17-21-15)12-6-7-20-9-12/h4-5,8,12H,3,6-7,9H2,1-2H3. The van der Waals surface area contributed by atoms with Crippen LogP contribution in [0.2, 0.25) is 0 Å². The van der Waals surface area contributed by atoms with Crippen LogP contribution in [-0.4, -0.2) is 38.0 Å². The van der Waals surface area contributed by atoms with Gasteiger partial charge in [0.25, 0.3) is 5.89 Å². The molecule has 2 aromatic rings. The highest BCUT2D eigenvalue weighted by Gasteiger charge is 2.24. The van der Waals surface area contributed by atoms with Crippen molar-refractivity contribution < 1.29 is 17.7 Å². The van der Waals surface area contributed by atoms with Gasteiger partial charge >= 0.3 is 0 Å². The lowest BCUT2D eigenvalue weighted by Crippen LogP contribution is -2.02. The number of benzene rings is 1. The maximum absolute atomic E-state index is 11.9. The van der Waals surface area contributed by atoms with Crippen LogP contribution >= 0.6 is 0 Å². The van der Waals surface area contributed by atoms with Gasteiger partial charge in [0.15, 0.2) is 15.7 Å². The lowest BCUT2D eigenvalue weighted by atomic mass is 10.1. The Morgan fingerprint density at radius 1 is 1.36 bits per heavy atom. The summed E-state index contributed by atoms with van der Waals surface area (Å²) in [7, 11) is -3.29. The third-order valence-corrected chi connectivity index (χ3v) is 5.01. The number of ether oxygens (including phenoxy) is 1. The Kier molecular flexibility index (Phi) is 4.01. The van der Waals surface area contributed by atoms with Crippen LogP contribution in [0.25, 0.3) is 11.5 Å². The smallest absolute Gasteiger partial charge is 0.257 e. The maximum atomic E-state index is 11.9. The Morgan fingerprint density at radius 2 is 2.18 bits per heavy atom. The van der Waals surface area contributed by atoms with Crippen LogP contribution in [0.4, 0.5) is 0 Å². The van der Waals surface area contributed by atoms with E-state index in [1.165, 1.54) is 6.26 Å². The summed E-state index contributed by atoms with van der Waals surface area (Å²) in [6.45, 7) is 3.23. The molecule has 6 nitrogen and oxygen atoms in total. The zero-order chi connectivity index (χ0) is 15.7. The predicted octanol–water partition coefficient (Wildman–Crippen LogP) is 2.21. The molecule has 118 valence electrons. The molecule has 0 N–H and O–H groups in total. The Hall–Kier alpha value is -1.73. The van der Waals surface area contributed by atoms with Crippen molar-refractivity contribution in [3.63, 3.8) is 0 Å². The molecule has 22 heavy (non-hydrogen) atoms. The normalized spacial score (nSPS) is 18.7. The molecule has 0 bridgehead atoms. The molecule has 7 heteroatoms. The summed E-state index contributed by atoms with van der Waals surface area (Å²) in [6, 6.07) is 5.22. The van der Waals surface area contributed by atoms with E-state index in [9.17, 15) is 8.42 Å². The van der Waals surface area contributed by atoms with Crippen LogP contribution in [0.5, 0.6) is 0 Å². The average Bonchev–Trinajstić information content (AvgIpc) is 3.16. The zero-order valence-electron chi connectivity index (χ0n) is 12.6. The Labute approximate surface area is 129 Å². The quantitative estimate of drug-likeness (QED) is 0.858. The van der Waals surface area contributed by atoms with Crippen molar-refractivity contribution in [2.24, 2.45) is 0 Å². The molecular formula is C15H18N2O4S. The summed E-state index contributed by atoms with van der Waals surface area (Å²) in [5.74, 6) is 1.12. The molecule has 1 aliphatic rings. The zero-order valence-corrected chi connectivity index (χ0v) is 13.4. The summed E-state index contributed by atoms with van der Waals surface area (Å²) >= 11 is 0. The third kappa shape index (κ3) is 2.91. The van der Waals surface area contributed by atoms with E-state index in [0.29, 0.717) is 41.8 Å². The first-order chi connectivity index (χ1) is 10.5. The lowest BCUT2D eigenvalue weighted by molar-refractivity contribution is 0.192. The van der Waals surface area contributed by atoms with Crippen molar-refractivity contribution in [2.45, 2.75) is 30.6 Å². The molecule has 0 spiro atoms. The van der Waals surface area contributed by atoms with Crippen LogP contribution in [0.15, 0.2) is 27.6 Å². The summed E-state index contributed by atoms with van der Waals surface area (Å²) in [6.07, 6.45) is 2.74. The molecule has 1 atom stereocenters. The van der Waals surface area contributed by atoms with E-state index in [2.05, 4.69) is 10.1 Å². The number of rotatable bonds is 4. The van der Waals surface area contributed by atoms with Crippen molar-refractivity contribution in [3.05, 3.63) is 29.6 Å². The van der Waals surface area contributed by atoms with Crippen LogP contribution in [0.1, 0.15) is 30.7 Å². The summed E-state index contributed by atoms with van der Waals surface area (Å²) < 4.78 is 34.5. The van der Waals surface area contributed by atoms with Crippen molar-refractivity contribution in [1.82, 2.24) is 10.1 Å². The molecule has 1 aliphatic heterocycles. The van der Waals surface area contributed by atoms with E-state index < -0.39 is 9.84 Å². The molecule has 1 aromatic carbocycles. The SMILES string of the molecule is CCc1ccc(-c2nc(C3CCOC3)no2)cc1S(C)(=O)=O. The van der Waals surface area contributed by atoms with Gasteiger partial charge in [-0.2, -0.15) is 4.98 Å². The fraction of sp³-hybridized carbons (Fsp3) is 0.467. The highest BCUT2D eigenvalue weighted by Crippen LogP contribution is 2.28. The molecule has 1 unspecified atom stereocenters. The minimum absolute atomic E-state index is 0.154. The van der Waals surface area contributed by atoms with E-state index in [1.807, 2.05) is 13.0 Å². The van der Waals surface area contributed by atoms with E-state index in [4.69, 9.17) is 9.26 Å². The minimum atomic E-state index is -3.29. The van der Waals surface area contributed by atoms with Gasteiger partial charge in [-0.3, -0.25) is 0 Å². The van der Waals surface area contributed by atoms with Crippen LogP contribution in [0.3, 0.4) is 0 Å². The second-order valence-corrected chi connectivity index (χ2v) is 7.45. The summed E-state index contributed by atoms with van der Waals surface area (Å²) in [4.78, 5) is 4.70. The molecule has 0 saturated carbocycles. The average molecular weight is 322 g/mol. The number of aryl methyl sites for hydroxylation is 1. The second-order valence-electron chi connectivity index (χ2n) is 5.47. The Morgan fingerprint density at radius 3 is 2.82 bits per heavy atom. The molecule has 0 radical (unpaired) electrons. The van der Waals surface area contributed by atoms with E-state index in [-0.39, 0.29) is 5.92 Å². The fourth-order valence-electron chi connectivity index (χ4n) is 2.58. The Balaban J connectivity index is 1.98. The third-order valence-electron chi connectivity index (χ3n) is 3.83. The highest BCUT2D eigenvalue weighted by atomic mass is 32.2. The van der Waals surface area contributed by atoms with Crippen LogP contribution < -0.4 is 0 Å². The molecule has 1 aromatic heterocycles. The maximum Gasteiger partial charge on any atom is 0.257 e. The van der Waals surface area contributed by atoms with Crippen LogP contribution in [0, 0.1) is 0 Å². The topological polar surface area (TPSA) is 82.3 Å². The Bertz CT molecular complexity index is 777. The van der Waals surface area contributed by atoms with E-state index in [1.54, 1.807) is 12.1 Å². The molecule has 2 heterocycles. The molecule has 1 fully saturated rings. The first kappa shape index (κ1) is 15.2. The van der Waals surface area contributed by atoms with Gasteiger partial charge in [0.05, 0.1) is 11.5 Å². The highest BCUT2D eigenvalue weighted by molar-refractivity contribution is 7.90. The molecule has 3 rings (SSSR count). The van der Waals surface area contributed by atoms with Crippen LogP contribution in [-0.2, 0) is 21.0 Å². The first-order valence-corrected chi connectivity index (χ1v) is 9.13. The second kappa shape index (κ2) is 5.81. The van der Waals surface area contributed by atoms with Gasteiger partial charge in [-0.25, -0.2) is 8.42 Å². The van der Waals surface area contributed by atoms with Crippen molar-refractivity contribution in [1.29, 1.82) is 0 Å². The molecule has 0 amide bonds. The van der Waals surface area contributed by atoms with Gasteiger partial charge < -0.3 is 9.26 Å². The fourth-order valence-corrected chi connectivity index (χ4v) is 3.61. The molecular weight excluding hydrogens is 304 g/mol. The first-order valence-electron chi connectivity index (χ1n) is 7.23. The van der Waals surface area contributed by atoms with Crippen molar-refractivity contribution in [3.8, 4) is 11.5 Å². The molecule has 0 aliphatic carbocycles. The van der Waals surface area contributed by atoms with Crippen molar-refractivity contribution >= 4 is 9.84 Å². The monoisotopic (exact) mass is 322 g/mol. The number of aromatic nitrogens is 2. The van der Waals surface area contributed by atoms with Gasteiger partial charge in [-0.1, -0.05) is 18.1 Å². The van der Waals surface area contributed by atoms with Gasteiger partial charge in [0.2, 0.25) is 0 Å². The lowest BCUT2D eigenvalue weighted by Gasteiger charge is -2.07. The van der Waals surface area contributed by atoms with E-state index >= 15 is 0 Å².